The lowest BCUT2D eigenvalue weighted by atomic mass is 10.0. The van der Waals surface area contributed by atoms with Gasteiger partial charge >= 0.3 is 0 Å². The average Bonchev–Trinajstić information content (AvgIpc) is 2.41. The Labute approximate surface area is 112 Å². The van der Waals surface area contributed by atoms with E-state index < -0.39 is 17.5 Å². The smallest absolute Gasteiger partial charge is 0.194 e. The molecule has 0 spiro atoms. The fraction of sp³-hybridized carbons (Fsp3) is 0.467. The van der Waals surface area contributed by atoms with Gasteiger partial charge in [0.25, 0.3) is 0 Å². The largest absolute Gasteiger partial charge is 0.310 e. The molecule has 0 saturated carbocycles. The molecule has 0 aromatic heterocycles. The molecule has 1 rings (SSSR count). The molecule has 0 amide bonds. The highest BCUT2D eigenvalue weighted by atomic mass is 19.2. The van der Waals surface area contributed by atoms with Crippen molar-refractivity contribution >= 4 is 0 Å². The lowest BCUT2D eigenvalue weighted by Gasteiger charge is -2.19. The summed E-state index contributed by atoms with van der Waals surface area (Å²) in [7, 11) is 0. The number of halogens is 3. The quantitative estimate of drug-likeness (QED) is 0.609. The molecule has 19 heavy (non-hydrogen) atoms. The highest BCUT2D eigenvalue weighted by Gasteiger charge is 2.19. The summed E-state index contributed by atoms with van der Waals surface area (Å²) < 4.78 is 39.9. The maximum absolute atomic E-state index is 13.8. The first-order valence-electron chi connectivity index (χ1n) is 6.38. The van der Waals surface area contributed by atoms with Gasteiger partial charge in [-0.2, -0.15) is 0 Å². The van der Waals surface area contributed by atoms with Gasteiger partial charge in [-0.15, -0.1) is 11.8 Å². The average molecular weight is 269 g/mol. The van der Waals surface area contributed by atoms with Crippen LogP contribution in [0.3, 0.4) is 0 Å². The van der Waals surface area contributed by atoms with E-state index in [9.17, 15) is 13.2 Å². The molecule has 0 heterocycles. The van der Waals surface area contributed by atoms with Gasteiger partial charge in [0.15, 0.2) is 17.5 Å². The van der Waals surface area contributed by atoms with Gasteiger partial charge in [-0.05, 0) is 32.4 Å². The summed E-state index contributed by atoms with van der Waals surface area (Å²) >= 11 is 0. The minimum Gasteiger partial charge on any atom is -0.310 e. The highest BCUT2D eigenvalue weighted by Crippen LogP contribution is 2.24. The van der Waals surface area contributed by atoms with Gasteiger partial charge in [-0.1, -0.05) is 13.0 Å². The monoisotopic (exact) mass is 269 g/mol. The third-order valence-electron chi connectivity index (χ3n) is 2.82. The van der Waals surface area contributed by atoms with E-state index in [1.807, 2.05) is 6.92 Å². The third kappa shape index (κ3) is 4.29. The molecule has 1 atom stereocenters. The molecule has 0 saturated heterocycles. The van der Waals surface area contributed by atoms with Crippen LogP contribution < -0.4 is 5.32 Å². The molecule has 1 N–H and O–H groups in total. The summed E-state index contributed by atoms with van der Waals surface area (Å²) in [5, 5.41) is 3.14. The van der Waals surface area contributed by atoms with Crippen molar-refractivity contribution in [2.45, 2.75) is 39.2 Å². The van der Waals surface area contributed by atoms with Gasteiger partial charge in [0, 0.05) is 18.0 Å². The van der Waals surface area contributed by atoms with Crippen LogP contribution in [0.25, 0.3) is 0 Å². The first-order valence-corrected chi connectivity index (χ1v) is 6.38. The van der Waals surface area contributed by atoms with Crippen LogP contribution in [0.15, 0.2) is 12.1 Å². The van der Waals surface area contributed by atoms with Crippen molar-refractivity contribution in [2.75, 3.05) is 6.54 Å². The Kier molecular flexibility index (Phi) is 6.44. The molecule has 1 aromatic carbocycles. The fourth-order valence-corrected chi connectivity index (χ4v) is 1.84. The Balaban J connectivity index is 2.94. The van der Waals surface area contributed by atoms with E-state index in [0.717, 1.165) is 12.5 Å². The van der Waals surface area contributed by atoms with Crippen molar-refractivity contribution in [1.29, 1.82) is 0 Å². The Morgan fingerprint density at radius 2 is 1.95 bits per heavy atom. The molecule has 0 aliphatic heterocycles. The maximum Gasteiger partial charge on any atom is 0.194 e. The minimum absolute atomic E-state index is 0.158. The van der Waals surface area contributed by atoms with E-state index >= 15 is 0 Å². The second-order valence-electron chi connectivity index (χ2n) is 4.24. The highest BCUT2D eigenvalue weighted by molar-refractivity contribution is 5.24. The molecule has 1 nitrogen and oxygen atoms in total. The topological polar surface area (TPSA) is 12.0 Å². The zero-order valence-electron chi connectivity index (χ0n) is 11.2. The summed E-state index contributed by atoms with van der Waals surface area (Å²) in [6.07, 6.45) is 2.01. The standard InChI is InChI=1S/C15H18F3N/c1-3-5-6-7-13(19-10-4-2)11-8-9-12(16)15(18)14(11)17/h8-9,13,19H,4,6-7,10H2,1-2H3. The molecular weight excluding hydrogens is 251 g/mol. The maximum atomic E-state index is 13.8. The van der Waals surface area contributed by atoms with Crippen LogP contribution in [0, 0.1) is 29.3 Å². The molecule has 0 radical (unpaired) electrons. The van der Waals surface area contributed by atoms with Crippen molar-refractivity contribution in [3.05, 3.63) is 35.1 Å². The third-order valence-corrected chi connectivity index (χ3v) is 2.82. The van der Waals surface area contributed by atoms with Crippen molar-refractivity contribution in [2.24, 2.45) is 0 Å². The molecule has 1 unspecified atom stereocenters. The van der Waals surface area contributed by atoms with Crippen LogP contribution in [0.5, 0.6) is 0 Å². The lowest BCUT2D eigenvalue weighted by molar-refractivity contribution is 0.418. The zero-order chi connectivity index (χ0) is 14.3. The molecule has 0 aliphatic carbocycles. The first kappa shape index (κ1) is 15.6. The van der Waals surface area contributed by atoms with Crippen molar-refractivity contribution in [3.8, 4) is 11.8 Å². The lowest BCUT2D eigenvalue weighted by Crippen LogP contribution is -2.23. The molecular formula is C15H18F3N. The Morgan fingerprint density at radius 1 is 1.21 bits per heavy atom. The second-order valence-corrected chi connectivity index (χ2v) is 4.24. The van der Waals surface area contributed by atoms with Crippen LogP contribution in [0.2, 0.25) is 0 Å². The van der Waals surface area contributed by atoms with E-state index in [1.54, 1.807) is 6.92 Å². The van der Waals surface area contributed by atoms with Crippen molar-refractivity contribution < 1.29 is 13.2 Å². The summed E-state index contributed by atoms with van der Waals surface area (Å²) in [5.41, 5.74) is 0.158. The molecule has 1 aromatic rings. The SMILES string of the molecule is CC#CCCC(NCCC)c1ccc(F)c(F)c1F. The van der Waals surface area contributed by atoms with E-state index in [-0.39, 0.29) is 11.6 Å². The minimum atomic E-state index is -1.41. The second kappa shape index (κ2) is 7.85. The van der Waals surface area contributed by atoms with Crippen LogP contribution in [-0.4, -0.2) is 6.54 Å². The van der Waals surface area contributed by atoms with Gasteiger partial charge in [-0.25, -0.2) is 13.2 Å². The van der Waals surface area contributed by atoms with E-state index in [4.69, 9.17) is 0 Å². The first-order chi connectivity index (χ1) is 9.11. The fourth-order valence-electron chi connectivity index (χ4n) is 1.84. The van der Waals surface area contributed by atoms with Crippen LogP contribution >= 0.6 is 0 Å². The van der Waals surface area contributed by atoms with Crippen LogP contribution in [0.1, 0.15) is 44.7 Å². The van der Waals surface area contributed by atoms with Gasteiger partial charge in [0.05, 0.1) is 0 Å². The van der Waals surface area contributed by atoms with E-state index in [0.29, 0.717) is 19.4 Å². The van der Waals surface area contributed by atoms with Gasteiger partial charge in [0.2, 0.25) is 0 Å². The predicted octanol–water partition coefficient (Wildman–Crippen LogP) is 3.95. The van der Waals surface area contributed by atoms with Crippen LogP contribution in [-0.2, 0) is 0 Å². The number of hydrogen-bond acceptors (Lipinski definition) is 1. The van der Waals surface area contributed by atoms with Gasteiger partial charge < -0.3 is 5.32 Å². The summed E-state index contributed by atoms with van der Waals surface area (Å²) in [4.78, 5) is 0. The number of hydrogen-bond donors (Lipinski definition) is 1. The molecule has 104 valence electrons. The Bertz CT molecular complexity index is 474. The van der Waals surface area contributed by atoms with Gasteiger partial charge in [-0.3, -0.25) is 0 Å². The summed E-state index contributed by atoms with van der Waals surface area (Å²) in [5.74, 6) is 1.96. The van der Waals surface area contributed by atoms with Crippen LogP contribution in [0.4, 0.5) is 13.2 Å². The van der Waals surface area contributed by atoms with Crippen molar-refractivity contribution in [1.82, 2.24) is 5.32 Å². The molecule has 0 aliphatic rings. The van der Waals surface area contributed by atoms with E-state index in [2.05, 4.69) is 17.2 Å². The number of rotatable bonds is 6. The molecule has 0 fully saturated rings. The number of benzene rings is 1. The van der Waals surface area contributed by atoms with Crippen molar-refractivity contribution in [3.63, 3.8) is 0 Å². The van der Waals surface area contributed by atoms with Gasteiger partial charge in [0.1, 0.15) is 0 Å². The van der Waals surface area contributed by atoms with E-state index in [1.165, 1.54) is 6.07 Å². The Morgan fingerprint density at radius 3 is 2.58 bits per heavy atom. The molecule has 0 bridgehead atoms. The Hall–Kier alpha value is -1.47. The summed E-state index contributed by atoms with van der Waals surface area (Å²) in [6.45, 7) is 4.40. The predicted molar refractivity (Wildman–Crippen MR) is 70.0 cm³/mol. The summed E-state index contributed by atoms with van der Waals surface area (Å²) in [6, 6.07) is 1.90. The molecule has 4 heteroatoms. The normalized spacial score (nSPS) is 11.8. The number of nitrogens with one attached hydrogen (secondary N) is 1. The zero-order valence-corrected chi connectivity index (χ0v) is 11.2.